The molecule has 0 saturated carbocycles. The normalized spacial score (nSPS) is 16.1. The molecular weight excluding hydrogens is 380 g/mol. The standard InChI is InChI=1S/C22H20N6O2/c29-22(27-12-9-18(14-27)28-11-4-10-23-28)20-15-30-21(24-20)13-17-7-8-19(26-25-17)16-5-2-1-3-6-16/h1-8,10-11,15,18H,9,12-14H2. The molecule has 1 amide bonds. The van der Waals surface area contributed by atoms with Crippen molar-refractivity contribution in [3.05, 3.63) is 84.5 Å². The van der Waals surface area contributed by atoms with Crippen LogP contribution in [0.25, 0.3) is 11.3 Å². The zero-order chi connectivity index (χ0) is 20.3. The summed E-state index contributed by atoms with van der Waals surface area (Å²) in [6, 6.07) is 15.8. The maximum absolute atomic E-state index is 12.8. The third-order valence-corrected chi connectivity index (χ3v) is 5.24. The Labute approximate surface area is 173 Å². The van der Waals surface area contributed by atoms with Crippen molar-refractivity contribution < 1.29 is 9.21 Å². The van der Waals surface area contributed by atoms with E-state index in [2.05, 4.69) is 20.3 Å². The maximum Gasteiger partial charge on any atom is 0.275 e. The van der Waals surface area contributed by atoms with E-state index in [1.54, 1.807) is 11.1 Å². The van der Waals surface area contributed by atoms with Crippen LogP contribution in [0.5, 0.6) is 0 Å². The van der Waals surface area contributed by atoms with Gasteiger partial charge < -0.3 is 9.32 Å². The number of carbonyl (C=O) groups excluding carboxylic acids is 1. The van der Waals surface area contributed by atoms with Crippen LogP contribution in [0.1, 0.15) is 34.5 Å². The Kier molecular flexibility index (Phi) is 4.80. The summed E-state index contributed by atoms with van der Waals surface area (Å²) in [5.74, 6) is 0.327. The molecule has 30 heavy (non-hydrogen) atoms. The van der Waals surface area contributed by atoms with E-state index in [1.807, 2.05) is 59.4 Å². The zero-order valence-electron chi connectivity index (χ0n) is 16.3. The number of amides is 1. The van der Waals surface area contributed by atoms with Gasteiger partial charge in [-0.15, -0.1) is 0 Å². The first kappa shape index (κ1) is 18.2. The predicted octanol–water partition coefficient (Wildman–Crippen LogP) is 3.01. The number of likely N-dealkylation sites (tertiary alicyclic amines) is 1. The first-order valence-corrected chi connectivity index (χ1v) is 9.87. The third-order valence-electron chi connectivity index (χ3n) is 5.24. The number of carbonyl (C=O) groups is 1. The minimum atomic E-state index is -0.120. The molecule has 3 aromatic heterocycles. The Morgan fingerprint density at radius 1 is 1.10 bits per heavy atom. The van der Waals surface area contributed by atoms with Crippen molar-refractivity contribution in [3.8, 4) is 11.3 Å². The first-order chi connectivity index (χ1) is 14.8. The van der Waals surface area contributed by atoms with E-state index in [4.69, 9.17) is 4.42 Å². The van der Waals surface area contributed by atoms with Crippen LogP contribution in [0.4, 0.5) is 0 Å². The molecule has 1 aliphatic heterocycles. The summed E-state index contributed by atoms with van der Waals surface area (Å²) in [6.45, 7) is 1.30. The number of hydrogen-bond donors (Lipinski definition) is 0. The van der Waals surface area contributed by atoms with Crippen molar-refractivity contribution in [1.82, 2.24) is 29.9 Å². The van der Waals surface area contributed by atoms with Crippen molar-refractivity contribution in [3.63, 3.8) is 0 Å². The lowest BCUT2D eigenvalue weighted by molar-refractivity contribution is 0.0781. The van der Waals surface area contributed by atoms with Crippen molar-refractivity contribution >= 4 is 5.91 Å². The molecule has 0 aliphatic carbocycles. The number of oxazole rings is 1. The number of benzene rings is 1. The van der Waals surface area contributed by atoms with Gasteiger partial charge in [0, 0.05) is 31.0 Å². The summed E-state index contributed by atoms with van der Waals surface area (Å²) in [7, 11) is 0. The number of nitrogens with zero attached hydrogens (tertiary/aromatic N) is 6. The molecule has 0 spiro atoms. The molecule has 5 rings (SSSR count). The maximum atomic E-state index is 12.8. The van der Waals surface area contributed by atoms with E-state index in [1.165, 1.54) is 6.26 Å². The molecule has 1 fully saturated rings. The molecule has 1 atom stereocenters. The molecule has 4 heterocycles. The first-order valence-electron chi connectivity index (χ1n) is 9.87. The highest BCUT2D eigenvalue weighted by Gasteiger charge is 2.29. The minimum absolute atomic E-state index is 0.120. The van der Waals surface area contributed by atoms with Gasteiger partial charge in [0.25, 0.3) is 5.91 Å². The lowest BCUT2D eigenvalue weighted by Crippen LogP contribution is -2.29. The summed E-state index contributed by atoms with van der Waals surface area (Å²) in [5, 5.41) is 12.8. The van der Waals surface area contributed by atoms with E-state index in [9.17, 15) is 4.79 Å². The lowest BCUT2D eigenvalue weighted by Gasteiger charge is -2.15. The SMILES string of the molecule is O=C(c1coc(Cc2ccc(-c3ccccc3)nn2)n1)N1CCC(n2cccn2)C1. The Morgan fingerprint density at radius 3 is 2.77 bits per heavy atom. The topological polar surface area (TPSA) is 89.9 Å². The average Bonchev–Trinajstić information content (AvgIpc) is 3.55. The van der Waals surface area contributed by atoms with Crippen LogP contribution in [0.3, 0.4) is 0 Å². The lowest BCUT2D eigenvalue weighted by atomic mass is 10.1. The highest BCUT2D eigenvalue weighted by molar-refractivity contribution is 5.92. The van der Waals surface area contributed by atoms with Gasteiger partial charge in [0.1, 0.15) is 6.26 Å². The summed E-state index contributed by atoms with van der Waals surface area (Å²) < 4.78 is 7.42. The highest BCUT2D eigenvalue weighted by atomic mass is 16.3. The van der Waals surface area contributed by atoms with Crippen LogP contribution >= 0.6 is 0 Å². The second-order valence-electron chi connectivity index (χ2n) is 7.26. The summed E-state index contributed by atoms with van der Waals surface area (Å²) >= 11 is 0. The molecule has 1 unspecified atom stereocenters. The molecule has 0 radical (unpaired) electrons. The van der Waals surface area contributed by atoms with Crippen molar-refractivity contribution in [1.29, 1.82) is 0 Å². The fourth-order valence-electron chi connectivity index (χ4n) is 3.66. The van der Waals surface area contributed by atoms with Crippen LogP contribution in [0.2, 0.25) is 0 Å². The average molecular weight is 400 g/mol. The number of hydrogen-bond acceptors (Lipinski definition) is 6. The molecule has 1 aromatic carbocycles. The Morgan fingerprint density at radius 2 is 2.00 bits per heavy atom. The molecular formula is C22H20N6O2. The van der Waals surface area contributed by atoms with E-state index in [0.29, 0.717) is 31.1 Å². The van der Waals surface area contributed by atoms with E-state index < -0.39 is 0 Å². The summed E-state index contributed by atoms with van der Waals surface area (Å²) in [5.41, 5.74) is 2.87. The molecule has 150 valence electrons. The summed E-state index contributed by atoms with van der Waals surface area (Å²) in [6.07, 6.45) is 6.36. The van der Waals surface area contributed by atoms with Gasteiger partial charge in [-0.05, 0) is 24.6 Å². The monoisotopic (exact) mass is 400 g/mol. The Hall–Kier alpha value is -3.81. The van der Waals surface area contributed by atoms with Gasteiger partial charge in [0.2, 0.25) is 5.89 Å². The van der Waals surface area contributed by atoms with Gasteiger partial charge in [-0.2, -0.15) is 15.3 Å². The molecule has 4 aromatic rings. The van der Waals surface area contributed by atoms with Crippen LogP contribution in [-0.2, 0) is 6.42 Å². The van der Waals surface area contributed by atoms with Gasteiger partial charge in [0.05, 0.1) is 23.9 Å². The van der Waals surface area contributed by atoms with Gasteiger partial charge in [-0.1, -0.05) is 30.3 Å². The zero-order valence-corrected chi connectivity index (χ0v) is 16.3. The van der Waals surface area contributed by atoms with Crippen LogP contribution in [0.15, 0.2) is 71.6 Å². The second-order valence-corrected chi connectivity index (χ2v) is 7.26. The van der Waals surface area contributed by atoms with Crippen LogP contribution < -0.4 is 0 Å². The van der Waals surface area contributed by atoms with Gasteiger partial charge in [-0.3, -0.25) is 9.48 Å². The fraction of sp³-hybridized carbons (Fsp3) is 0.227. The molecule has 1 aliphatic rings. The summed E-state index contributed by atoms with van der Waals surface area (Å²) in [4.78, 5) is 18.9. The molecule has 8 nitrogen and oxygen atoms in total. The number of rotatable bonds is 5. The van der Waals surface area contributed by atoms with Crippen LogP contribution in [-0.4, -0.2) is 48.9 Å². The highest BCUT2D eigenvalue weighted by Crippen LogP contribution is 2.22. The molecule has 8 heteroatoms. The van der Waals surface area contributed by atoms with Gasteiger partial charge in [-0.25, -0.2) is 4.98 Å². The smallest absolute Gasteiger partial charge is 0.275 e. The van der Waals surface area contributed by atoms with Gasteiger partial charge in [0.15, 0.2) is 5.69 Å². The third kappa shape index (κ3) is 3.71. The Bertz CT molecular complexity index is 1120. The second kappa shape index (κ2) is 7.90. The predicted molar refractivity (Wildman–Crippen MR) is 109 cm³/mol. The largest absolute Gasteiger partial charge is 0.448 e. The quantitative estimate of drug-likeness (QED) is 0.512. The number of aromatic nitrogens is 5. The van der Waals surface area contributed by atoms with Crippen molar-refractivity contribution in [2.45, 2.75) is 18.9 Å². The Balaban J connectivity index is 1.23. The molecule has 0 bridgehead atoms. The minimum Gasteiger partial charge on any atom is -0.448 e. The van der Waals surface area contributed by atoms with Crippen molar-refractivity contribution in [2.24, 2.45) is 0 Å². The fourth-order valence-corrected chi connectivity index (χ4v) is 3.66. The van der Waals surface area contributed by atoms with E-state index >= 15 is 0 Å². The van der Waals surface area contributed by atoms with Crippen molar-refractivity contribution in [2.75, 3.05) is 13.1 Å². The molecule has 0 N–H and O–H groups in total. The van der Waals surface area contributed by atoms with E-state index in [0.717, 1.165) is 23.4 Å². The van der Waals surface area contributed by atoms with Crippen LogP contribution in [0, 0.1) is 0 Å². The van der Waals surface area contributed by atoms with E-state index in [-0.39, 0.29) is 11.9 Å². The van der Waals surface area contributed by atoms with Gasteiger partial charge >= 0.3 is 0 Å². The molecule has 1 saturated heterocycles.